The van der Waals surface area contributed by atoms with Gasteiger partial charge in [-0.2, -0.15) is 4.99 Å². The van der Waals surface area contributed by atoms with Crippen LogP contribution in [0.5, 0.6) is 0 Å². The summed E-state index contributed by atoms with van der Waals surface area (Å²) < 4.78 is 0. The van der Waals surface area contributed by atoms with Gasteiger partial charge in [-0.15, -0.1) is 0 Å². The van der Waals surface area contributed by atoms with E-state index in [9.17, 15) is 4.79 Å². The molecule has 1 aromatic rings. The lowest BCUT2D eigenvalue weighted by Crippen LogP contribution is -2.23. The number of fused-ring (bicyclic) bond motifs is 1. The molecule has 0 bridgehead atoms. The maximum absolute atomic E-state index is 10.8. The fourth-order valence-electron chi connectivity index (χ4n) is 3.51. The molecule has 3 rings (SSSR count). The first-order valence-electron chi connectivity index (χ1n) is 6.69. The van der Waals surface area contributed by atoms with Crippen molar-refractivity contribution < 1.29 is 4.79 Å². The SMILES string of the molecule is CN1CCc2cccc(C3(N=C=O)CCCC3)c21. The fraction of sp³-hybridized carbons (Fsp3) is 0.533. The van der Waals surface area contributed by atoms with Crippen molar-refractivity contribution in [2.75, 3.05) is 18.5 Å². The van der Waals surface area contributed by atoms with E-state index in [1.807, 2.05) is 6.08 Å². The molecule has 94 valence electrons. The third kappa shape index (κ3) is 1.58. The molecule has 0 atom stereocenters. The highest BCUT2D eigenvalue weighted by atomic mass is 16.1. The van der Waals surface area contributed by atoms with E-state index < -0.39 is 0 Å². The molecule has 1 heterocycles. The number of anilines is 1. The van der Waals surface area contributed by atoms with Crippen LogP contribution in [-0.4, -0.2) is 19.7 Å². The third-order valence-electron chi connectivity index (χ3n) is 4.41. The van der Waals surface area contributed by atoms with Crippen LogP contribution in [0.25, 0.3) is 0 Å². The highest BCUT2D eigenvalue weighted by Gasteiger charge is 2.39. The van der Waals surface area contributed by atoms with Gasteiger partial charge in [-0.25, -0.2) is 4.79 Å². The molecule has 0 radical (unpaired) electrons. The van der Waals surface area contributed by atoms with Gasteiger partial charge in [0.15, 0.2) is 0 Å². The molecular formula is C15H18N2O. The van der Waals surface area contributed by atoms with Crippen molar-refractivity contribution in [3.63, 3.8) is 0 Å². The van der Waals surface area contributed by atoms with E-state index in [0.717, 1.165) is 38.6 Å². The van der Waals surface area contributed by atoms with E-state index in [2.05, 4.69) is 35.1 Å². The zero-order valence-corrected chi connectivity index (χ0v) is 10.8. The molecule has 1 saturated carbocycles. The highest BCUT2D eigenvalue weighted by Crippen LogP contribution is 2.47. The van der Waals surface area contributed by atoms with Gasteiger partial charge in [-0.05, 0) is 24.8 Å². The number of aliphatic imine (C=N–C) groups is 1. The lowest BCUT2D eigenvalue weighted by molar-refractivity contribution is 0.456. The first kappa shape index (κ1) is 11.5. The summed E-state index contributed by atoms with van der Waals surface area (Å²) in [5, 5.41) is 0. The van der Waals surface area contributed by atoms with Crippen molar-refractivity contribution in [2.24, 2.45) is 4.99 Å². The molecule has 1 aliphatic carbocycles. The molecule has 0 amide bonds. The molecular weight excluding hydrogens is 224 g/mol. The van der Waals surface area contributed by atoms with Gasteiger partial charge in [-0.1, -0.05) is 31.0 Å². The lowest BCUT2D eigenvalue weighted by atomic mass is 9.86. The van der Waals surface area contributed by atoms with E-state index in [0.29, 0.717) is 0 Å². The molecule has 1 fully saturated rings. The molecule has 0 unspecified atom stereocenters. The van der Waals surface area contributed by atoms with Gasteiger partial charge in [0.05, 0.1) is 0 Å². The topological polar surface area (TPSA) is 32.7 Å². The predicted octanol–water partition coefficient (Wildman–Crippen LogP) is 2.78. The zero-order chi connectivity index (χ0) is 12.6. The van der Waals surface area contributed by atoms with E-state index in [-0.39, 0.29) is 5.54 Å². The van der Waals surface area contributed by atoms with Crippen molar-refractivity contribution >= 4 is 11.8 Å². The Balaban J connectivity index is 2.17. The van der Waals surface area contributed by atoms with Crippen molar-refractivity contribution in [3.05, 3.63) is 29.3 Å². The Hall–Kier alpha value is -1.60. The average molecular weight is 242 g/mol. The molecule has 3 nitrogen and oxygen atoms in total. The Bertz CT molecular complexity index is 511. The van der Waals surface area contributed by atoms with Crippen LogP contribution in [0.4, 0.5) is 5.69 Å². The summed E-state index contributed by atoms with van der Waals surface area (Å²) in [6.07, 6.45) is 7.17. The van der Waals surface area contributed by atoms with Gasteiger partial charge in [0.1, 0.15) is 5.54 Å². The second-order valence-electron chi connectivity index (χ2n) is 5.43. The molecule has 0 N–H and O–H groups in total. The number of para-hydroxylation sites is 1. The van der Waals surface area contributed by atoms with E-state index in [1.54, 1.807) is 0 Å². The van der Waals surface area contributed by atoms with Crippen LogP contribution in [0.2, 0.25) is 0 Å². The zero-order valence-electron chi connectivity index (χ0n) is 10.8. The number of hydrogen-bond donors (Lipinski definition) is 0. The maximum atomic E-state index is 10.8. The number of rotatable bonds is 2. The minimum Gasteiger partial charge on any atom is -0.374 e. The van der Waals surface area contributed by atoms with Gasteiger partial charge in [0, 0.05) is 24.8 Å². The van der Waals surface area contributed by atoms with Gasteiger partial charge in [0.25, 0.3) is 0 Å². The second-order valence-corrected chi connectivity index (χ2v) is 5.43. The molecule has 0 saturated heterocycles. The second kappa shape index (κ2) is 4.25. The summed E-state index contributed by atoms with van der Waals surface area (Å²) in [4.78, 5) is 17.3. The summed E-state index contributed by atoms with van der Waals surface area (Å²) in [7, 11) is 2.13. The predicted molar refractivity (Wildman–Crippen MR) is 71.7 cm³/mol. The largest absolute Gasteiger partial charge is 0.374 e. The Morgan fingerprint density at radius 2 is 2.11 bits per heavy atom. The summed E-state index contributed by atoms with van der Waals surface area (Å²) in [5.74, 6) is 0. The van der Waals surface area contributed by atoms with Crippen molar-refractivity contribution in [2.45, 2.75) is 37.6 Å². The quantitative estimate of drug-likeness (QED) is 0.590. The number of nitrogens with zero attached hydrogens (tertiary/aromatic N) is 2. The standard InChI is InChI=1S/C15H18N2O/c1-17-10-7-12-5-4-6-13(14(12)17)15(16-11-18)8-2-3-9-15/h4-6H,2-3,7-10H2,1H3. The van der Waals surface area contributed by atoms with Crippen LogP contribution >= 0.6 is 0 Å². The lowest BCUT2D eigenvalue weighted by Gasteiger charge is -2.28. The van der Waals surface area contributed by atoms with E-state index >= 15 is 0 Å². The molecule has 3 heteroatoms. The number of carbonyl (C=O) groups excluding carboxylic acids is 1. The molecule has 18 heavy (non-hydrogen) atoms. The molecule has 2 aliphatic rings. The first-order chi connectivity index (χ1) is 8.77. The highest BCUT2D eigenvalue weighted by molar-refractivity contribution is 5.65. The van der Waals surface area contributed by atoms with Crippen LogP contribution in [0, 0.1) is 0 Å². The Kier molecular flexibility index (Phi) is 2.71. The molecule has 0 aromatic heterocycles. The van der Waals surface area contributed by atoms with Crippen LogP contribution < -0.4 is 4.90 Å². The van der Waals surface area contributed by atoms with Gasteiger partial charge in [-0.3, -0.25) is 0 Å². The normalized spacial score (nSPS) is 20.6. The van der Waals surface area contributed by atoms with Crippen molar-refractivity contribution in [1.82, 2.24) is 0 Å². The van der Waals surface area contributed by atoms with Crippen molar-refractivity contribution in [1.29, 1.82) is 0 Å². The summed E-state index contributed by atoms with van der Waals surface area (Å²) in [5.41, 5.74) is 3.63. The Morgan fingerprint density at radius 3 is 2.83 bits per heavy atom. The van der Waals surface area contributed by atoms with Crippen LogP contribution in [0.1, 0.15) is 36.8 Å². The van der Waals surface area contributed by atoms with Crippen LogP contribution in [0.15, 0.2) is 23.2 Å². The van der Waals surface area contributed by atoms with Crippen LogP contribution in [0.3, 0.4) is 0 Å². The Labute approximate surface area is 108 Å². The smallest absolute Gasteiger partial charge is 0.235 e. The number of isocyanates is 1. The van der Waals surface area contributed by atoms with E-state index in [1.165, 1.54) is 16.8 Å². The number of benzene rings is 1. The van der Waals surface area contributed by atoms with E-state index in [4.69, 9.17) is 0 Å². The van der Waals surface area contributed by atoms with Gasteiger partial charge < -0.3 is 4.90 Å². The molecule has 0 spiro atoms. The first-order valence-corrected chi connectivity index (χ1v) is 6.69. The summed E-state index contributed by atoms with van der Waals surface area (Å²) >= 11 is 0. The molecule has 1 aromatic carbocycles. The van der Waals surface area contributed by atoms with Crippen molar-refractivity contribution in [3.8, 4) is 0 Å². The minimum atomic E-state index is -0.300. The third-order valence-corrected chi connectivity index (χ3v) is 4.41. The molecule has 1 aliphatic heterocycles. The summed E-state index contributed by atoms with van der Waals surface area (Å²) in [6, 6.07) is 6.44. The van der Waals surface area contributed by atoms with Gasteiger partial charge >= 0.3 is 0 Å². The average Bonchev–Trinajstić information content (AvgIpc) is 2.98. The van der Waals surface area contributed by atoms with Gasteiger partial charge in [0.2, 0.25) is 6.08 Å². The number of likely N-dealkylation sites (N-methyl/N-ethyl adjacent to an activating group) is 1. The van der Waals surface area contributed by atoms with Crippen LogP contribution in [-0.2, 0) is 16.8 Å². The minimum absolute atomic E-state index is 0.300. The summed E-state index contributed by atoms with van der Waals surface area (Å²) in [6.45, 7) is 1.06. The maximum Gasteiger partial charge on any atom is 0.235 e. The fourth-order valence-corrected chi connectivity index (χ4v) is 3.51. The number of hydrogen-bond acceptors (Lipinski definition) is 3. The Morgan fingerprint density at radius 1 is 1.33 bits per heavy atom. The monoisotopic (exact) mass is 242 g/mol.